The molecule has 0 radical (unpaired) electrons. The van der Waals surface area contributed by atoms with Crippen LogP contribution in [-0.4, -0.2) is 0 Å². The summed E-state index contributed by atoms with van der Waals surface area (Å²) in [6.45, 7) is 0. The molecular weight excluding hydrogens is 218 g/mol. The van der Waals surface area contributed by atoms with Gasteiger partial charge in [0.25, 0.3) is 0 Å². The lowest BCUT2D eigenvalue weighted by atomic mass is 9.99. The highest BCUT2D eigenvalue weighted by atomic mass is 35.5. The lowest BCUT2D eigenvalue weighted by molar-refractivity contribution is 1.47. The van der Waals surface area contributed by atoms with Crippen molar-refractivity contribution in [3.05, 3.63) is 76.9 Å². The van der Waals surface area contributed by atoms with E-state index in [0.717, 1.165) is 16.7 Å². The molecule has 2 rings (SSSR count). The van der Waals surface area contributed by atoms with Gasteiger partial charge < -0.3 is 5.73 Å². The average molecular weight is 230 g/mol. The maximum absolute atomic E-state index is 5.97. The molecule has 0 saturated carbocycles. The predicted molar refractivity (Wildman–Crippen MR) is 68.9 cm³/mol. The van der Waals surface area contributed by atoms with Crippen molar-refractivity contribution in [3.8, 4) is 0 Å². The van der Waals surface area contributed by atoms with Crippen molar-refractivity contribution in [1.82, 2.24) is 0 Å². The fourth-order valence-corrected chi connectivity index (χ4v) is 1.87. The number of hydrogen-bond acceptors (Lipinski definition) is 1. The normalized spacial score (nSPS) is 9.81. The van der Waals surface area contributed by atoms with Gasteiger partial charge in [0.15, 0.2) is 0 Å². The van der Waals surface area contributed by atoms with Crippen LogP contribution < -0.4 is 5.73 Å². The molecule has 0 bridgehead atoms. The van der Waals surface area contributed by atoms with Crippen LogP contribution in [0.15, 0.2) is 65.8 Å². The molecule has 0 amide bonds. The van der Waals surface area contributed by atoms with Crippen LogP contribution in [0.5, 0.6) is 0 Å². The summed E-state index contributed by atoms with van der Waals surface area (Å²) >= 11 is 5.97. The Bertz CT molecular complexity index is 443. The van der Waals surface area contributed by atoms with Crippen molar-refractivity contribution in [2.75, 3.05) is 0 Å². The third-order valence-corrected chi connectivity index (χ3v) is 2.55. The minimum absolute atomic E-state index is 0.317. The van der Waals surface area contributed by atoms with Crippen LogP contribution in [0.4, 0.5) is 0 Å². The van der Waals surface area contributed by atoms with Crippen LogP contribution in [0.2, 0.25) is 0 Å². The highest BCUT2D eigenvalue weighted by Gasteiger charge is 2.07. The van der Waals surface area contributed by atoms with Crippen molar-refractivity contribution >= 4 is 17.2 Å². The predicted octanol–water partition coefficient (Wildman–Crippen LogP) is 3.60. The van der Waals surface area contributed by atoms with Gasteiger partial charge in [0.2, 0.25) is 0 Å². The van der Waals surface area contributed by atoms with Gasteiger partial charge >= 0.3 is 0 Å². The first kappa shape index (κ1) is 10.8. The smallest absolute Gasteiger partial charge is 0.108 e. The maximum Gasteiger partial charge on any atom is 0.108 e. The van der Waals surface area contributed by atoms with Gasteiger partial charge in [-0.3, -0.25) is 0 Å². The molecule has 0 spiro atoms. The summed E-state index contributed by atoms with van der Waals surface area (Å²) in [7, 11) is 0. The maximum atomic E-state index is 5.97. The van der Waals surface area contributed by atoms with Crippen molar-refractivity contribution in [1.29, 1.82) is 0 Å². The molecule has 0 aromatic heterocycles. The molecule has 0 heterocycles. The first-order valence-electron chi connectivity index (χ1n) is 5.05. The molecule has 0 saturated heterocycles. The third-order valence-electron chi connectivity index (χ3n) is 2.36. The van der Waals surface area contributed by atoms with Gasteiger partial charge in [-0.2, -0.15) is 0 Å². The molecule has 1 nitrogen and oxygen atoms in total. The average Bonchev–Trinajstić information content (AvgIpc) is 2.31. The summed E-state index contributed by atoms with van der Waals surface area (Å²) in [4.78, 5) is 0. The van der Waals surface area contributed by atoms with Crippen molar-refractivity contribution < 1.29 is 0 Å². The van der Waals surface area contributed by atoms with E-state index in [1.807, 2.05) is 60.7 Å². The van der Waals surface area contributed by atoms with Gasteiger partial charge in [0.1, 0.15) is 5.16 Å². The van der Waals surface area contributed by atoms with E-state index in [2.05, 4.69) is 0 Å². The van der Waals surface area contributed by atoms with Gasteiger partial charge in [0, 0.05) is 5.57 Å². The van der Waals surface area contributed by atoms with E-state index in [1.54, 1.807) is 0 Å². The Hall–Kier alpha value is -1.73. The monoisotopic (exact) mass is 229 g/mol. The third kappa shape index (κ3) is 2.26. The molecule has 2 aromatic rings. The van der Waals surface area contributed by atoms with E-state index in [9.17, 15) is 0 Å². The van der Waals surface area contributed by atoms with Gasteiger partial charge in [-0.1, -0.05) is 72.3 Å². The minimum atomic E-state index is 0.317. The molecule has 2 N–H and O–H groups in total. The quantitative estimate of drug-likeness (QED) is 0.783. The van der Waals surface area contributed by atoms with Crippen LogP contribution in [0.25, 0.3) is 5.57 Å². The van der Waals surface area contributed by atoms with Crippen molar-refractivity contribution in [2.24, 2.45) is 5.73 Å². The zero-order valence-corrected chi connectivity index (χ0v) is 9.48. The topological polar surface area (TPSA) is 26.0 Å². The zero-order chi connectivity index (χ0) is 11.4. The Morgan fingerprint density at radius 2 is 1.12 bits per heavy atom. The summed E-state index contributed by atoms with van der Waals surface area (Å²) in [5, 5.41) is 0.317. The zero-order valence-electron chi connectivity index (χ0n) is 8.73. The number of halogens is 1. The van der Waals surface area contributed by atoms with Gasteiger partial charge in [-0.05, 0) is 11.1 Å². The van der Waals surface area contributed by atoms with E-state index in [0.29, 0.717) is 5.16 Å². The molecule has 0 atom stereocenters. The molecule has 80 valence electrons. The summed E-state index contributed by atoms with van der Waals surface area (Å²) in [5.41, 5.74) is 8.68. The highest BCUT2D eigenvalue weighted by Crippen LogP contribution is 2.26. The van der Waals surface area contributed by atoms with Crippen LogP contribution in [0, 0.1) is 0 Å². The van der Waals surface area contributed by atoms with E-state index < -0.39 is 0 Å². The van der Waals surface area contributed by atoms with Crippen LogP contribution in [0.1, 0.15) is 11.1 Å². The van der Waals surface area contributed by atoms with Gasteiger partial charge in [-0.25, -0.2) is 0 Å². The SMILES string of the molecule is NC(Cl)=C(c1ccccc1)c1ccccc1. The number of benzene rings is 2. The molecule has 0 unspecified atom stereocenters. The molecule has 0 aliphatic heterocycles. The first-order valence-corrected chi connectivity index (χ1v) is 5.43. The second kappa shape index (κ2) is 4.86. The largest absolute Gasteiger partial charge is 0.389 e. The van der Waals surface area contributed by atoms with Crippen LogP contribution >= 0.6 is 11.6 Å². The molecule has 0 aliphatic rings. The van der Waals surface area contributed by atoms with Crippen molar-refractivity contribution in [3.63, 3.8) is 0 Å². The Labute approximate surface area is 100 Å². The second-order valence-electron chi connectivity index (χ2n) is 3.45. The highest BCUT2D eigenvalue weighted by molar-refractivity contribution is 6.32. The molecule has 0 fully saturated rings. The van der Waals surface area contributed by atoms with Gasteiger partial charge in [0.05, 0.1) is 0 Å². The molecule has 2 aromatic carbocycles. The Morgan fingerprint density at radius 3 is 1.44 bits per heavy atom. The van der Waals surface area contributed by atoms with E-state index in [4.69, 9.17) is 17.3 Å². The Morgan fingerprint density at radius 1 is 0.750 bits per heavy atom. The summed E-state index contributed by atoms with van der Waals surface area (Å²) in [6, 6.07) is 19.8. The number of rotatable bonds is 2. The lowest BCUT2D eigenvalue weighted by Gasteiger charge is -2.08. The number of nitrogens with two attached hydrogens (primary N) is 1. The molecule has 0 aliphatic carbocycles. The first-order chi connectivity index (χ1) is 7.79. The fraction of sp³-hybridized carbons (Fsp3) is 0. The number of hydrogen-bond donors (Lipinski definition) is 1. The van der Waals surface area contributed by atoms with Crippen LogP contribution in [0.3, 0.4) is 0 Å². The molecule has 16 heavy (non-hydrogen) atoms. The van der Waals surface area contributed by atoms with Crippen LogP contribution in [-0.2, 0) is 0 Å². The summed E-state index contributed by atoms with van der Waals surface area (Å²) in [5.74, 6) is 0. The van der Waals surface area contributed by atoms with E-state index in [1.165, 1.54) is 0 Å². The molecular formula is C14H12ClN. The van der Waals surface area contributed by atoms with E-state index >= 15 is 0 Å². The van der Waals surface area contributed by atoms with Gasteiger partial charge in [-0.15, -0.1) is 0 Å². The Balaban J connectivity index is 2.54. The molecule has 2 heteroatoms. The van der Waals surface area contributed by atoms with Crippen molar-refractivity contribution in [2.45, 2.75) is 0 Å². The lowest BCUT2D eigenvalue weighted by Crippen LogP contribution is -1.97. The standard InChI is InChI=1S/C14H12ClN/c15-14(16)13(11-7-3-1-4-8-11)12-9-5-2-6-10-12/h1-10H,16H2. The second-order valence-corrected chi connectivity index (χ2v) is 3.86. The van der Waals surface area contributed by atoms with E-state index in [-0.39, 0.29) is 0 Å². The fourth-order valence-electron chi connectivity index (χ4n) is 1.65. The minimum Gasteiger partial charge on any atom is -0.389 e. The summed E-state index contributed by atoms with van der Waals surface area (Å²) in [6.07, 6.45) is 0. The summed E-state index contributed by atoms with van der Waals surface area (Å²) < 4.78 is 0. The Kier molecular flexibility index (Phi) is 3.28.